The number of amides is 2. The summed E-state index contributed by atoms with van der Waals surface area (Å²) < 4.78 is 16.4. The highest BCUT2D eigenvalue weighted by molar-refractivity contribution is 6.21. The quantitative estimate of drug-likeness (QED) is 0.543. The normalized spacial score (nSPS) is 16.6. The zero-order chi connectivity index (χ0) is 19.6. The van der Waals surface area contributed by atoms with Crippen LogP contribution in [0.4, 0.5) is 5.69 Å². The number of carbonyl (C=O) groups is 3. The molecule has 0 radical (unpaired) electrons. The minimum Gasteiger partial charge on any atom is -0.497 e. The average Bonchev–Trinajstić information content (AvgIpc) is 3.26. The Labute approximate surface area is 154 Å². The zero-order valence-corrected chi connectivity index (χ0v) is 15.0. The molecule has 1 aromatic heterocycles. The van der Waals surface area contributed by atoms with E-state index in [1.165, 1.54) is 25.1 Å². The van der Waals surface area contributed by atoms with E-state index in [4.69, 9.17) is 14.2 Å². The van der Waals surface area contributed by atoms with E-state index in [0.717, 1.165) is 4.90 Å². The number of nitrogens with zero attached hydrogens (tertiary/aromatic N) is 4. The van der Waals surface area contributed by atoms with Gasteiger partial charge in [0.25, 0.3) is 5.91 Å². The number of benzene rings is 1. The van der Waals surface area contributed by atoms with Gasteiger partial charge in [-0.05, 0) is 6.92 Å². The van der Waals surface area contributed by atoms with Crippen molar-refractivity contribution in [2.45, 2.75) is 19.4 Å². The van der Waals surface area contributed by atoms with Gasteiger partial charge >= 0.3 is 5.97 Å². The van der Waals surface area contributed by atoms with Crippen molar-refractivity contribution in [3.05, 3.63) is 30.1 Å². The number of imide groups is 1. The summed E-state index contributed by atoms with van der Waals surface area (Å²) >= 11 is 0. The van der Waals surface area contributed by atoms with Gasteiger partial charge in [-0.25, -0.2) is 14.4 Å². The lowest BCUT2D eigenvalue weighted by Gasteiger charge is -2.17. The summed E-state index contributed by atoms with van der Waals surface area (Å²) in [4.78, 5) is 38.1. The SMILES string of the molecule is CCOC(=O)c1cn([C@@H]2CC(=O)N(c3cc(OC)cc(OC)c3)C2=O)nn1. The molecule has 0 bridgehead atoms. The predicted octanol–water partition coefficient (Wildman–Crippen LogP) is 0.977. The maximum atomic E-state index is 12.8. The standard InChI is InChI=1S/C17H18N4O6/c1-4-27-17(24)13-9-20(19-18-13)14-8-15(22)21(16(14)23)10-5-11(25-2)7-12(6-10)26-3/h5-7,9,14H,4,8H2,1-3H3/t14-/m1/s1. The molecule has 142 valence electrons. The number of aromatic nitrogens is 3. The van der Waals surface area contributed by atoms with Crippen molar-refractivity contribution < 1.29 is 28.6 Å². The summed E-state index contributed by atoms with van der Waals surface area (Å²) in [5.41, 5.74) is 0.299. The monoisotopic (exact) mass is 374 g/mol. The third kappa shape index (κ3) is 3.46. The lowest BCUT2D eigenvalue weighted by atomic mass is 10.2. The molecular weight excluding hydrogens is 356 g/mol. The van der Waals surface area contributed by atoms with E-state index in [0.29, 0.717) is 17.2 Å². The van der Waals surface area contributed by atoms with Crippen molar-refractivity contribution in [3.63, 3.8) is 0 Å². The minimum atomic E-state index is -0.898. The van der Waals surface area contributed by atoms with Gasteiger partial charge in [0, 0.05) is 18.2 Å². The van der Waals surface area contributed by atoms with E-state index >= 15 is 0 Å². The Morgan fingerprint density at radius 1 is 1.19 bits per heavy atom. The van der Waals surface area contributed by atoms with Crippen molar-refractivity contribution in [3.8, 4) is 11.5 Å². The first-order chi connectivity index (χ1) is 13.0. The van der Waals surface area contributed by atoms with Gasteiger partial charge in [0.2, 0.25) is 5.91 Å². The van der Waals surface area contributed by atoms with Gasteiger partial charge in [-0.2, -0.15) is 0 Å². The molecule has 27 heavy (non-hydrogen) atoms. The Bertz CT molecular complexity index is 871. The third-order valence-corrected chi connectivity index (χ3v) is 4.03. The zero-order valence-electron chi connectivity index (χ0n) is 15.0. The van der Waals surface area contributed by atoms with Crippen LogP contribution in [0.1, 0.15) is 29.9 Å². The molecule has 0 unspecified atom stereocenters. The lowest BCUT2D eigenvalue weighted by Crippen LogP contribution is -2.31. The molecule has 1 atom stereocenters. The molecule has 1 saturated heterocycles. The van der Waals surface area contributed by atoms with Crippen LogP contribution in [-0.2, 0) is 14.3 Å². The first kappa shape index (κ1) is 18.4. The molecule has 0 N–H and O–H groups in total. The Morgan fingerprint density at radius 3 is 2.44 bits per heavy atom. The number of hydrogen-bond acceptors (Lipinski definition) is 8. The van der Waals surface area contributed by atoms with Crippen LogP contribution in [0, 0.1) is 0 Å². The van der Waals surface area contributed by atoms with Gasteiger partial charge in [-0.3, -0.25) is 9.59 Å². The highest BCUT2D eigenvalue weighted by atomic mass is 16.5. The van der Waals surface area contributed by atoms with Crippen LogP contribution in [0.2, 0.25) is 0 Å². The van der Waals surface area contributed by atoms with Gasteiger partial charge in [0.1, 0.15) is 17.5 Å². The summed E-state index contributed by atoms with van der Waals surface area (Å²) in [6, 6.07) is 3.86. The maximum Gasteiger partial charge on any atom is 0.360 e. The number of hydrogen-bond donors (Lipinski definition) is 0. The third-order valence-electron chi connectivity index (χ3n) is 4.03. The molecule has 1 aliphatic heterocycles. The van der Waals surface area contributed by atoms with Crippen molar-refractivity contribution in [1.29, 1.82) is 0 Å². The fraction of sp³-hybridized carbons (Fsp3) is 0.353. The Balaban J connectivity index is 1.89. The largest absolute Gasteiger partial charge is 0.497 e. The number of rotatable bonds is 6. The summed E-state index contributed by atoms with van der Waals surface area (Å²) in [7, 11) is 2.95. The van der Waals surface area contributed by atoms with Gasteiger partial charge in [0.15, 0.2) is 5.69 Å². The van der Waals surface area contributed by atoms with Crippen molar-refractivity contribution in [2.75, 3.05) is 25.7 Å². The second-order valence-electron chi connectivity index (χ2n) is 5.66. The lowest BCUT2D eigenvalue weighted by molar-refractivity contribution is -0.122. The van der Waals surface area contributed by atoms with E-state index in [1.807, 2.05) is 0 Å². The molecule has 0 saturated carbocycles. The molecule has 0 aliphatic carbocycles. The summed E-state index contributed by atoms with van der Waals surface area (Å²) in [6.07, 6.45) is 1.19. The molecule has 2 amide bonds. The van der Waals surface area contributed by atoms with Gasteiger partial charge in [-0.1, -0.05) is 5.21 Å². The maximum absolute atomic E-state index is 12.8. The van der Waals surface area contributed by atoms with Crippen molar-refractivity contribution in [2.24, 2.45) is 0 Å². The highest BCUT2D eigenvalue weighted by Gasteiger charge is 2.42. The van der Waals surface area contributed by atoms with E-state index in [9.17, 15) is 14.4 Å². The number of anilines is 1. The molecular formula is C17H18N4O6. The number of ether oxygens (including phenoxy) is 3. The molecule has 1 aromatic carbocycles. The van der Waals surface area contributed by atoms with Crippen LogP contribution in [-0.4, -0.2) is 53.6 Å². The first-order valence-electron chi connectivity index (χ1n) is 8.17. The van der Waals surface area contributed by atoms with E-state index < -0.39 is 23.8 Å². The fourth-order valence-electron chi connectivity index (χ4n) is 2.74. The molecule has 2 aromatic rings. The van der Waals surface area contributed by atoms with Crippen LogP contribution in [0.5, 0.6) is 11.5 Å². The Kier molecular flexibility index (Phi) is 5.06. The van der Waals surface area contributed by atoms with E-state index in [2.05, 4.69) is 10.3 Å². The molecule has 0 spiro atoms. The van der Waals surface area contributed by atoms with Crippen LogP contribution in [0.15, 0.2) is 24.4 Å². The van der Waals surface area contributed by atoms with Crippen LogP contribution in [0.25, 0.3) is 0 Å². The number of methoxy groups -OCH3 is 2. The van der Waals surface area contributed by atoms with Crippen LogP contribution in [0.3, 0.4) is 0 Å². The highest BCUT2D eigenvalue weighted by Crippen LogP contribution is 2.34. The van der Waals surface area contributed by atoms with Gasteiger partial charge in [-0.15, -0.1) is 5.10 Å². The Morgan fingerprint density at radius 2 is 1.85 bits per heavy atom. The molecule has 10 heteroatoms. The topological polar surface area (TPSA) is 113 Å². The first-order valence-corrected chi connectivity index (χ1v) is 8.17. The molecule has 3 rings (SSSR count). The minimum absolute atomic E-state index is 0.0291. The summed E-state index contributed by atoms with van der Waals surface area (Å²) in [5.74, 6) is -0.656. The van der Waals surface area contributed by atoms with Crippen molar-refractivity contribution in [1.82, 2.24) is 15.0 Å². The molecule has 1 aliphatic rings. The number of carbonyl (C=O) groups excluding carboxylic acids is 3. The van der Waals surface area contributed by atoms with Crippen LogP contribution < -0.4 is 14.4 Å². The second-order valence-corrected chi connectivity index (χ2v) is 5.66. The van der Waals surface area contributed by atoms with Gasteiger partial charge < -0.3 is 14.2 Å². The van der Waals surface area contributed by atoms with E-state index in [-0.39, 0.29) is 18.7 Å². The van der Waals surface area contributed by atoms with E-state index in [1.54, 1.807) is 25.1 Å². The Hall–Kier alpha value is -3.43. The molecule has 10 nitrogen and oxygen atoms in total. The predicted molar refractivity (Wildman–Crippen MR) is 91.7 cm³/mol. The van der Waals surface area contributed by atoms with Crippen molar-refractivity contribution >= 4 is 23.5 Å². The van der Waals surface area contributed by atoms with Crippen LogP contribution >= 0.6 is 0 Å². The fourth-order valence-corrected chi connectivity index (χ4v) is 2.74. The molecule has 1 fully saturated rings. The second kappa shape index (κ2) is 7.44. The molecule has 2 heterocycles. The average molecular weight is 374 g/mol. The van der Waals surface area contributed by atoms with Gasteiger partial charge in [0.05, 0.1) is 39.1 Å². The summed E-state index contributed by atoms with van der Waals surface area (Å²) in [5, 5.41) is 7.51. The number of esters is 1. The smallest absolute Gasteiger partial charge is 0.360 e. The summed E-state index contributed by atoms with van der Waals surface area (Å²) in [6.45, 7) is 1.86.